The van der Waals surface area contributed by atoms with Gasteiger partial charge in [-0.1, -0.05) is 30.3 Å². The Hall–Kier alpha value is -2.98. The molecule has 30 heavy (non-hydrogen) atoms. The number of benzene rings is 1. The van der Waals surface area contributed by atoms with E-state index >= 15 is 0 Å². The van der Waals surface area contributed by atoms with Crippen molar-refractivity contribution < 1.29 is 27.5 Å². The van der Waals surface area contributed by atoms with Crippen LogP contribution in [0.2, 0.25) is 0 Å². The molecule has 1 fully saturated rings. The van der Waals surface area contributed by atoms with Crippen molar-refractivity contribution >= 4 is 27.7 Å². The van der Waals surface area contributed by atoms with Crippen LogP contribution in [0.15, 0.2) is 58.7 Å². The van der Waals surface area contributed by atoms with Crippen LogP contribution < -0.4 is 0 Å². The van der Waals surface area contributed by atoms with Crippen molar-refractivity contribution in [2.75, 3.05) is 38.6 Å². The van der Waals surface area contributed by atoms with E-state index in [2.05, 4.69) is 4.40 Å². The lowest BCUT2D eigenvalue weighted by molar-refractivity contribution is -0.159. The Morgan fingerprint density at radius 1 is 1.07 bits per heavy atom. The van der Waals surface area contributed by atoms with Gasteiger partial charge < -0.3 is 19.3 Å². The van der Waals surface area contributed by atoms with Gasteiger partial charge in [0, 0.05) is 31.4 Å². The minimum absolute atomic E-state index is 0.134. The van der Waals surface area contributed by atoms with Gasteiger partial charge >= 0.3 is 5.97 Å². The Balaban J connectivity index is 1.54. The number of morpholine rings is 1. The highest BCUT2D eigenvalue weighted by molar-refractivity contribution is 7.90. The lowest BCUT2D eigenvalue weighted by atomic mass is 10.1. The summed E-state index contributed by atoms with van der Waals surface area (Å²) in [5.41, 5.74) is 0.790. The maximum absolute atomic E-state index is 13.1. The fourth-order valence-electron chi connectivity index (χ4n) is 3.34. The number of esters is 1. The predicted molar refractivity (Wildman–Crippen MR) is 108 cm³/mol. The number of hydrogen-bond acceptors (Lipinski definition) is 7. The normalized spacial score (nSPS) is 21.2. The van der Waals surface area contributed by atoms with Gasteiger partial charge in [-0.3, -0.25) is 4.79 Å². The van der Waals surface area contributed by atoms with Crippen molar-refractivity contribution in [3.05, 3.63) is 59.8 Å². The second-order valence-corrected chi connectivity index (χ2v) is 8.74. The summed E-state index contributed by atoms with van der Waals surface area (Å²) in [5, 5.41) is 0. The van der Waals surface area contributed by atoms with E-state index in [0.29, 0.717) is 31.9 Å². The molecule has 0 aliphatic carbocycles. The summed E-state index contributed by atoms with van der Waals surface area (Å²) < 4.78 is 37.9. The molecule has 1 aromatic rings. The molecule has 0 bridgehead atoms. The highest BCUT2D eigenvalue weighted by Crippen LogP contribution is 2.24. The highest BCUT2D eigenvalue weighted by Gasteiger charge is 2.32. The molecule has 0 N–H and O–H groups in total. The van der Waals surface area contributed by atoms with Crippen molar-refractivity contribution in [1.29, 1.82) is 0 Å². The average Bonchev–Trinajstić information content (AvgIpc) is 2.77. The number of amides is 1. The van der Waals surface area contributed by atoms with E-state index in [-0.39, 0.29) is 29.6 Å². The monoisotopic (exact) mass is 431 g/mol. The molecule has 3 aliphatic heterocycles. The zero-order chi connectivity index (χ0) is 21.1. The Morgan fingerprint density at radius 2 is 1.80 bits per heavy atom. The van der Waals surface area contributed by atoms with Crippen LogP contribution in [-0.4, -0.2) is 74.5 Å². The minimum atomic E-state index is -3.48. The maximum Gasteiger partial charge on any atom is 0.340 e. The molecule has 1 amide bonds. The second-order valence-electron chi connectivity index (χ2n) is 6.98. The summed E-state index contributed by atoms with van der Waals surface area (Å²) in [5.74, 6) is -0.855. The summed E-state index contributed by atoms with van der Waals surface area (Å²) in [6.45, 7) is 1.94. The first-order valence-electron chi connectivity index (χ1n) is 9.55. The van der Waals surface area contributed by atoms with Gasteiger partial charge in [-0.2, -0.15) is 0 Å². The Kier molecular flexibility index (Phi) is 5.69. The largest absolute Gasteiger partial charge is 0.444 e. The number of rotatable bonds is 4. The Bertz CT molecular complexity index is 1030. The molecule has 0 unspecified atom stereocenters. The fourth-order valence-corrected chi connectivity index (χ4v) is 4.30. The van der Waals surface area contributed by atoms with Gasteiger partial charge in [0.2, 0.25) is 6.10 Å². The lowest BCUT2D eigenvalue weighted by Crippen LogP contribution is -2.44. The molecule has 1 saturated heterocycles. The van der Waals surface area contributed by atoms with E-state index in [1.165, 1.54) is 18.4 Å². The first kappa shape index (κ1) is 20.3. The number of carbonyl (C=O) groups is 2. The van der Waals surface area contributed by atoms with Crippen molar-refractivity contribution in [1.82, 2.24) is 9.80 Å². The summed E-state index contributed by atoms with van der Waals surface area (Å²) in [6, 6.07) is 8.85. The highest BCUT2D eigenvalue weighted by atomic mass is 32.2. The standard InChI is InChI=1S/C20H21N3O6S/c24-19(22-8-11-28-12-9-22)18(15-4-2-1-3-5-15)29-20(25)16-6-7-17-21-30(26,27)13-10-23(17)14-16/h1-7,14,18H,8-13H2/t18-/m0/s1. The van der Waals surface area contributed by atoms with Gasteiger partial charge in [0.15, 0.2) is 0 Å². The first-order chi connectivity index (χ1) is 14.4. The van der Waals surface area contributed by atoms with Crippen LogP contribution in [0.4, 0.5) is 0 Å². The van der Waals surface area contributed by atoms with Crippen molar-refractivity contribution in [3.8, 4) is 0 Å². The molecule has 158 valence electrons. The zero-order valence-electron chi connectivity index (χ0n) is 16.1. The molecule has 3 heterocycles. The lowest BCUT2D eigenvalue weighted by Gasteiger charge is -2.31. The summed E-state index contributed by atoms with van der Waals surface area (Å²) in [4.78, 5) is 29.1. The van der Waals surface area contributed by atoms with E-state index in [0.717, 1.165) is 0 Å². The number of hydrogen-bond donors (Lipinski definition) is 0. The van der Waals surface area contributed by atoms with Crippen molar-refractivity contribution in [2.24, 2.45) is 4.40 Å². The number of nitrogens with zero attached hydrogens (tertiary/aromatic N) is 3. The molecule has 0 saturated carbocycles. The molecule has 1 aromatic carbocycles. The number of amidine groups is 1. The van der Waals surface area contributed by atoms with Gasteiger partial charge in [0.05, 0.1) is 24.5 Å². The molecular weight excluding hydrogens is 410 g/mol. The third kappa shape index (κ3) is 4.44. The molecule has 0 spiro atoms. The molecule has 3 aliphatic rings. The molecule has 0 radical (unpaired) electrons. The van der Waals surface area contributed by atoms with Crippen LogP contribution in [-0.2, 0) is 29.1 Å². The topological polar surface area (TPSA) is 106 Å². The predicted octanol–water partition coefficient (Wildman–Crippen LogP) is 0.627. The Labute approximate surface area is 174 Å². The Morgan fingerprint density at radius 3 is 2.53 bits per heavy atom. The van der Waals surface area contributed by atoms with Crippen LogP contribution in [0.1, 0.15) is 11.7 Å². The van der Waals surface area contributed by atoms with E-state index in [4.69, 9.17) is 9.47 Å². The summed E-state index contributed by atoms with van der Waals surface area (Å²) >= 11 is 0. The third-order valence-corrected chi connectivity index (χ3v) is 6.10. The summed E-state index contributed by atoms with van der Waals surface area (Å²) in [6.07, 6.45) is 3.31. The molecular formula is C20H21N3O6S. The SMILES string of the molecule is O=C(O[C@H](C(=O)N1CCOCC1)c1ccccc1)C1=CN2CCS(=O)(=O)N=C2C=C1. The molecule has 4 rings (SSSR count). The molecule has 1 atom stereocenters. The molecule has 0 aromatic heterocycles. The van der Waals surface area contributed by atoms with E-state index in [1.54, 1.807) is 34.1 Å². The van der Waals surface area contributed by atoms with E-state index in [1.807, 2.05) is 6.07 Å². The zero-order valence-corrected chi connectivity index (χ0v) is 17.0. The van der Waals surface area contributed by atoms with Crippen molar-refractivity contribution in [3.63, 3.8) is 0 Å². The van der Waals surface area contributed by atoms with Crippen LogP contribution in [0.3, 0.4) is 0 Å². The third-order valence-electron chi connectivity index (χ3n) is 4.93. The van der Waals surface area contributed by atoms with Crippen LogP contribution in [0.5, 0.6) is 0 Å². The minimum Gasteiger partial charge on any atom is -0.444 e. The molecule has 9 nitrogen and oxygen atoms in total. The number of carbonyl (C=O) groups excluding carboxylic acids is 2. The number of sulfonamides is 1. The fraction of sp³-hybridized carbons (Fsp3) is 0.350. The summed E-state index contributed by atoms with van der Waals surface area (Å²) in [7, 11) is -3.48. The molecule has 10 heteroatoms. The van der Waals surface area contributed by atoms with Gasteiger partial charge in [-0.05, 0) is 12.2 Å². The van der Waals surface area contributed by atoms with Crippen LogP contribution in [0, 0.1) is 0 Å². The van der Waals surface area contributed by atoms with Gasteiger partial charge in [-0.25, -0.2) is 13.2 Å². The quantitative estimate of drug-likeness (QED) is 0.644. The van der Waals surface area contributed by atoms with Gasteiger partial charge in [-0.15, -0.1) is 4.40 Å². The van der Waals surface area contributed by atoms with Crippen LogP contribution in [0.25, 0.3) is 0 Å². The van der Waals surface area contributed by atoms with Gasteiger partial charge in [0.1, 0.15) is 5.84 Å². The van der Waals surface area contributed by atoms with E-state index < -0.39 is 22.1 Å². The van der Waals surface area contributed by atoms with Crippen molar-refractivity contribution in [2.45, 2.75) is 6.10 Å². The van der Waals surface area contributed by atoms with Crippen LogP contribution >= 0.6 is 0 Å². The number of ether oxygens (including phenoxy) is 2. The van der Waals surface area contributed by atoms with Gasteiger partial charge in [0.25, 0.3) is 15.9 Å². The average molecular weight is 431 g/mol. The maximum atomic E-state index is 13.1. The van der Waals surface area contributed by atoms with E-state index in [9.17, 15) is 18.0 Å². The smallest absolute Gasteiger partial charge is 0.340 e. The number of fused-ring (bicyclic) bond motifs is 1. The second kappa shape index (κ2) is 8.41. The first-order valence-corrected chi connectivity index (χ1v) is 11.2.